The normalized spacial score (nSPS) is 22.6. The molecule has 0 saturated carbocycles. The lowest BCUT2D eigenvalue weighted by molar-refractivity contribution is -0.123. The molecule has 1 amide bonds. The molecule has 23 heavy (non-hydrogen) atoms. The summed E-state index contributed by atoms with van der Waals surface area (Å²) in [7, 11) is 0. The standard InChI is InChI=1S/C19H31N3O/c1-13-6-7-16(10-14(13)2)15(3)21-18(23)11-22-9-8-17(20)19(4,5)12-22/h6-7,10,15,17H,8-9,11-12,20H2,1-5H3,(H,21,23). The Morgan fingerprint density at radius 1 is 1.39 bits per heavy atom. The fraction of sp³-hybridized carbons (Fsp3) is 0.632. The molecule has 0 spiro atoms. The molecule has 1 aromatic carbocycles. The van der Waals surface area contributed by atoms with Crippen molar-refractivity contribution in [2.75, 3.05) is 19.6 Å². The number of rotatable bonds is 4. The Morgan fingerprint density at radius 3 is 2.70 bits per heavy atom. The largest absolute Gasteiger partial charge is 0.348 e. The maximum atomic E-state index is 12.4. The second-order valence-electron chi connectivity index (χ2n) is 7.73. The van der Waals surface area contributed by atoms with Crippen LogP contribution in [-0.4, -0.2) is 36.5 Å². The minimum absolute atomic E-state index is 0.0295. The van der Waals surface area contributed by atoms with Gasteiger partial charge in [0, 0.05) is 19.1 Å². The lowest BCUT2D eigenvalue weighted by Crippen LogP contribution is -2.54. The molecule has 1 aliphatic rings. The molecule has 0 bridgehead atoms. The van der Waals surface area contributed by atoms with Crippen LogP contribution in [0.15, 0.2) is 18.2 Å². The fourth-order valence-electron chi connectivity index (χ4n) is 3.23. The van der Waals surface area contributed by atoms with E-state index >= 15 is 0 Å². The molecule has 0 aromatic heterocycles. The highest BCUT2D eigenvalue weighted by atomic mass is 16.2. The van der Waals surface area contributed by atoms with Crippen LogP contribution in [0.25, 0.3) is 0 Å². The van der Waals surface area contributed by atoms with E-state index in [1.807, 2.05) is 6.92 Å². The average molecular weight is 317 g/mol. The van der Waals surface area contributed by atoms with Crippen molar-refractivity contribution in [2.24, 2.45) is 11.1 Å². The highest BCUT2D eigenvalue weighted by Crippen LogP contribution is 2.27. The summed E-state index contributed by atoms with van der Waals surface area (Å²) in [5.74, 6) is 0.0852. The first kappa shape index (κ1) is 18.0. The zero-order chi connectivity index (χ0) is 17.2. The van der Waals surface area contributed by atoms with E-state index in [0.29, 0.717) is 6.54 Å². The molecular weight excluding hydrogens is 286 g/mol. The molecule has 2 atom stereocenters. The Kier molecular flexibility index (Phi) is 5.48. The first-order chi connectivity index (χ1) is 10.7. The molecule has 1 heterocycles. The van der Waals surface area contributed by atoms with Gasteiger partial charge in [-0.2, -0.15) is 0 Å². The van der Waals surface area contributed by atoms with Crippen LogP contribution in [0, 0.1) is 19.3 Å². The van der Waals surface area contributed by atoms with Crippen LogP contribution in [0.1, 0.15) is 49.9 Å². The molecule has 1 saturated heterocycles. The van der Waals surface area contributed by atoms with Crippen molar-refractivity contribution in [1.82, 2.24) is 10.2 Å². The molecule has 0 radical (unpaired) electrons. The number of aryl methyl sites for hydroxylation is 2. The van der Waals surface area contributed by atoms with Crippen molar-refractivity contribution in [3.05, 3.63) is 34.9 Å². The van der Waals surface area contributed by atoms with Gasteiger partial charge < -0.3 is 11.1 Å². The summed E-state index contributed by atoms with van der Waals surface area (Å²) in [5, 5.41) is 3.12. The van der Waals surface area contributed by atoms with Gasteiger partial charge in [-0.3, -0.25) is 9.69 Å². The van der Waals surface area contributed by atoms with Crippen molar-refractivity contribution in [2.45, 2.75) is 53.1 Å². The van der Waals surface area contributed by atoms with E-state index in [9.17, 15) is 4.79 Å². The number of nitrogens with one attached hydrogen (secondary N) is 1. The van der Waals surface area contributed by atoms with Crippen molar-refractivity contribution in [3.63, 3.8) is 0 Å². The van der Waals surface area contributed by atoms with Crippen LogP contribution >= 0.6 is 0 Å². The SMILES string of the molecule is Cc1ccc(C(C)NC(=O)CN2CCC(N)C(C)(C)C2)cc1C. The van der Waals surface area contributed by atoms with Gasteiger partial charge in [0.25, 0.3) is 0 Å². The van der Waals surface area contributed by atoms with Crippen LogP contribution in [0.4, 0.5) is 0 Å². The third-order valence-corrected chi connectivity index (χ3v) is 5.17. The fourth-order valence-corrected chi connectivity index (χ4v) is 3.23. The second-order valence-corrected chi connectivity index (χ2v) is 7.73. The average Bonchev–Trinajstić information content (AvgIpc) is 2.45. The molecular formula is C19H31N3O. The highest BCUT2D eigenvalue weighted by Gasteiger charge is 2.33. The first-order valence-corrected chi connectivity index (χ1v) is 8.53. The van der Waals surface area contributed by atoms with Gasteiger partial charge in [-0.25, -0.2) is 0 Å². The zero-order valence-corrected chi connectivity index (χ0v) is 15.1. The summed E-state index contributed by atoms with van der Waals surface area (Å²) in [4.78, 5) is 14.6. The summed E-state index contributed by atoms with van der Waals surface area (Å²) in [6, 6.07) is 6.61. The number of hydrogen-bond donors (Lipinski definition) is 2. The number of hydrogen-bond acceptors (Lipinski definition) is 3. The van der Waals surface area contributed by atoms with Gasteiger partial charge in [-0.05, 0) is 49.3 Å². The number of nitrogens with two attached hydrogens (primary N) is 1. The van der Waals surface area contributed by atoms with Crippen LogP contribution in [0.5, 0.6) is 0 Å². The number of carbonyl (C=O) groups excluding carboxylic acids is 1. The number of nitrogens with zero attached hydrogens (tertiary/aromatic N) is 1. The molecule has 3 N–H and O–H groups in total. The van der Waals surface area contributed by atoms with Gasteiger partial charge in [-0.1, -0.05) is 32.0 Å². The van der Waals surface area contributed by atoms with Crippen LogP contribution in [-0.2, 0) is 4.79 Å². The third-order valence-electron chi connectivity index (χ3n) is 5.17. The molecule has 128 valence electrons. The lowest BCUT2D eigenvalue weighted by atomic mass is 9.80. The summed E-state index contributed by atoms with van der Waals surface area (Å²) >= 11 is 0. The van der Waals surface area contributed by atoms with E-state index in [1.165, 1.54) is 11.1 Å². The van der Waals surface area contributed by atoms with Crippen LogP contribution < -0.4 is 11.1 Å². The molecule has 1 aliphatic heterocycles. The molecule has 2 unspecified atom stereocenters. The van der Waals surface area contributed by atoms with Gasteiger partial charge >= 0.3 is 0 Å². The van der Waals surface area contributed by atoms with Crippen molar-refractivity contribution < 1.29 is 4.79 Å². The highest BCUT2D eigenvalue weighted by molar-refractivity contribution is 5.78. The van der Waals surface area contributed by atoms with Gasteiger partial charge in [0.15, 0.2) is 0 Å². The smallest absolute Gasteiger partial charge is 0.234 e. The minimum Gasteiger partial charge on any atom is -0.348 e. The van der Waals surface area contributed by atoms with E-state index in [-0.39, 0.29) is 23.4 Å². The summed E-state index contributed by atoms with van der Waals surface area (Å²) in [5.41, 5.74) is 9.92. The van der Waals surface area contributed by atoms with E-state index in [0.717, 1.165) is 25.1 Å². The van der Waals surface area contributed by atoms with Crippen molar-refractivity contribution in [1.29, 1.82) is 0 Å². The topological polar surface area (TPSA) is 58.4 Å². The Hall–Kier alpha value is -1.39. The van der Waals surface area contributed by atoms with E-state index < -0.39 is 0 Å². The summed E-state index contributed by atoms with van der Waals surface area (Å²) in [6.07, 6.45) is 0.951. The summed E-state index contributed by atoms with van der Waals surface area (Å²) in [6.45, 7) is 12.8. The number of piperidine rings is 1. The summed E-state index contributed by atoms with van der Waals surface area (Å²) < 4.78 is 0. The Labute approximate surface area is 140 Å². The number of amides is 1. The first-order valence-electron chi connectivity index (χ1n) is 8.53. The van der Waals surface area contributed by atoms with Crippen molar-refractivity contribution >= 4 is 5.91 Å². The van der Waals surface area contributed by atoms with Gasteiger partial charge in [0.05, 0.1) is 12.6 Å². The molecule has 4 heteroatoms. The monoisotopic (exact) mass is 317 g/mol. The molecule has 1 aromatic rings. The molecule has 4 nitrogen and oxygen atoms in total. The lowest BCUT2D eigenvalue weighted by Gasteiger charge is -2.42. The van der Waals surface area contributed by atoms with Crippen LogP contribution in [0.3, 0.4) is 0 Å². The maximum absolute atomic E-state index is 12.4. The van der Waals surface area contributed by atoms with Crippen molar-refractivity contribution in [3.8, 4) is 0 Å². The predicted octanol–water partition coefficient (Wildman–Crippen LogP) is 2.54. The number of benzene rings is 1. The van der Waals surface area contributed by atoms with Gasteiger partial charge in [-0.15, -0.1) is 0 Å². The maximum Gasteiger partial charge on any atom is 0.234 e. The van der Waals surface area contributed by atoms with Gasteiger partial charge in [0.1, 0.15) is 0 Å². The Bertz CT molecular complexity index is 568. The third kappa shape index (κ3) is 4.55. The Balaban J connectivity index is 1.90. The van der Waals surface area contributed by atoms with E-state index in [1.54, 1.807) is 0 Å². The quantitative estimate of drug-likeness (QED) is 0.897. The molecule has 0 aliphatic carbocycles. The number of carbonyl (C=O) groups is 1. The van der Waals surface area contributed by atoms with Crippen LogP contribution in [0.2, 0.25) is 0 Å². The molecule has 2 rings (SSSR count). The zero-order valence-electron chi connectivity index (χ0n) is 15.1. The number of likely N-dealkylation sites (tertiary alicyclic amines) is 1. The van der Waals surface area contributed by atoms with E-state index in [2.05, 4.69) is 56.1 Å². The minimum atomic E-state index is 0.0295. The van der Waals surface area contributed by atoms with Gasteiger partial charge in [0.2, 0.25) is 5.91 Å². The molecule has 1 fully saturated rings. The predicted molar refractivity (Wildman–Crippen MR) is 95.3 cm³/mol. The van der Waals surface area contributed by atoms with E-state index in [4.69, 9.17) is 5.73 Å². The Morgan fingerprint density at radius 2 is 2.09 bits per heavy atom. The second kappa shape index (κ2) is 7.02.